The number of benzene rings is 1. The maximum Gasteiger partial charge on any atom is 0.340 e. The number of carbonyl (C=O) groups excluding carboxylic acids is 2. The Labute approximate surface area is 132 Å². The van der Waals surface area contributed by atoms with E-state index in [0.717, 1.165) is 11.7 Å². The van der Waals surface area contributed by atoms with Crippen molar-refractivity contribution in [3.63, 3.8) is 0 Å². The van der Waals surface area contributed by atoms with E-state index in [4.69, 9.17) is 0 Å². The van der Waals surface area contributed by atoms with E-state index >= 15 is 0 Å². The smallest absolute Gasteiger partial charge is 0.340 e. The molecule has 0 saturated carbocycles. The standard InChI is InChI=1S/C13H8F2N6O3/c1-24-13(23)6-4-7(14)8(15)5-10(6)16-12(22)9-2-3-11-17-19-20-21(11)18-9/h2-5H,1H3,(H,16,22). The van der Waals surface area contributed by atoms with Crippen LogP contribution in [0, 0.1) is 11.6 Å². The van der Waals surface area contributed by atoms with Gasteiger partial charge < -0.3 is 10.1 Å². The quantitative estimate of drug-likeness (QED) is 0.706. The Morgan fingerprint density at radius 1 is 1.21 bits per heavy atom. The van der Waals surface area contributed by atoms with Gasteiger partial charge in [0, 0.05) is 6.07 Å². The van der Waals surface area contributed by atoms with Crippen molar-refractivity contribution in [2.45, 2.75) is 0 Å². The molecule has 11 heteroatoms. The van der Waals surface area contributed by atoms with Gasteiger partial charge in [0.05, 0.1) is 18.4 Å². The molecule has 0 radical (unpaired) electrons. The van der Waals surface area contributed by atoms with E-state index in [9.17, 15) is 18.4 Å². The highest BCUT2D eigenvalue weighted by Gasteiger charge is 2.19. The summed E-state index contributed by atoms with van der Waals surface area (Å²) in [7, 11) is 1.07. The minimum atomic E-state index is -1.25. The normalized spacial score (nSPS) is 10.6. The molecule has 0 bridgehead atoms. The third-order valence-corrected chi connectivity index (χ3v) is 3.02. The fourth-order valence-corrected chi connectivity index (χ4v) is 1.89. The molecule has 0 aliphatic heterocycles. The summed E-state index contributed by atoms with van der Waals surface area (Å²) >= 11 is 0. The van der Waals surface area contributed by atoms with Crippen molar-refractivity contribution in [1.82, 2.24) is 25.3 Å². The van der Waals surface area contributed by atoms with E-state index in [1.807, 2.05) is 0 Å². The van der Waals surface area contributed by atoms with Gasteiger partial charge in [-0.15, -0.1) is 14.8 Å². The number of nitrogens with one attached hydrogen (secondary N) is 1. The molecule has 0 saturated heterocycles. The first kappa shape index (κ1) is 15.4. The van der Waals surface area contributed by atoms with Crippen molar-refractivity contribution in [3.8, 4) is 0 Å². The molecule has 3 rings (SSSR count). The summed E-state index contributed by atoms with van der Waals surface area (Å²) < 4.78 is 32.2. The molecule has 0 unspecified atom stereocenters. The van der Waals surface area contributed by atoms with Gasteiger partial charge >= 0.3 is 5.97 Å². The van der Waals surface area contributed by atoms with E-state index in [-0.39, 0.29) is 16.9 Å². The van der Waals surface area contributed by atoms with Gasteiger partial charge in [-0.1, -0.05) is 0 Å². The number of ether oxygens (including phenoxy) is 1. The maximum atomic E-state index is 13.4. The molecule has 2 aromatic heterocycles. The number of fused-ring (bicyclic) bond motifs is 1. The number of halogens is 2. The molecule has 1 N–H and O–H groups in total. The second kappa shape index (κ2) is 5.95. The van der Waals surface area contributed by atoms with Gasteiger partial charge in [-0.25, -0.2) is 13.6 Å². The number of aromatic nitrogens is 5. The minimum absolute atomic E-state index is 0.102. The molecule has 24 heavy (non-hydrogen) atoms. The fraction of sp³-hybridized carbons (Fsp3) is 0.0769. The Hall–Kier alpha value is -3.50. The first-order chi connectivity index (χ1) is 11.5. The Kier molecular flexibility index (Phi) is 3.82. The zero-order valence-electron chi connectivity index (χ0n) is 12.0. The minimum Gasteiger partial charge on any atom is -0.465 e. The van der Waals surface area contributed by atoms with Gasteiger partial charge in [-0.2, -0.15) is 0 Å². The molecule has 2 heterocycles. The van der Waals surface area contributed by atoms with Crippen LogP contribution in [0.15, 0.2) is 24.3 Å². The van der Waals surface area contributed by atoms with Crippen molar-refractivity contribution in [2.24, 2.45) is 0 Å². The molecule has 0 aliphatic carbocycles. The molecular formula is C13H8F2N6O3. The average molecular weight is 334 g/mol. The number of hydrogen-bond donors (Lipinski definition) is 1. The number of esters is 1. The van der Waals surface area contributed by atoms with E-state index in [1.165, 1.54) is 12.1 Å². The summed E-state index contributed by atoms with van der Waals surface area (Å²) in [5, 5.41) is 16.7. The Morgan fingerprint density at radius 2 is 1.96 bits per heavy atom. The topological polar surface area (TPSA) is 111 Å². The number of methoxy groups -OCH3 is 1. The lowest BCUT2D eigenvalue weighted by Gasteiger charge is -2.10. The monoisotopic (exact) mass is 334 g/mol. The maximum absolute atomic E-state index is 13.4. The van der Waals surface area contributed by atoms with E-state index in [1.54, 1.807) is 0 Å². The molecule has 0 aliphatic rings. The van der Waals surface area contributed by atoms with Gasteiger partial charge in [0.25, 0.3) is 5.91 Å². The third-order valence-electron chi connectivity index (χ3n) is 3.02. The molecule has 3 aromatic rings. The number of rotatable bonds is 3. The number of anilines is 1. The summed E-state index contributed by atoms with van der Waals surface area (Å²) in [4.78, 5) is 23.9. The van der Waals surface area contributed by atoms with Crippen LogP contribution in [0.5, 0.6) is 0 Å². The fourth-order valence-electron chi connectivity index (χ4n) is 1.89. The van der Waals surface area contributed by atoms with Crippen LogP contribution in [-0.4, -0.2) is 44.2 Å². The van der Waals surface area contributed by atoms with Crippen LogP contribution in [0.4, 0.5) is 14.5 Å². The number of tetrazole rings is 1. The lowest BCUT2D eigenvalue weighted by Crippen LogP contribution is -2.18. The zero-order valence-corrected chi connectivity index (χ0v) is 12.0. The number of hydrogen-bond acceptors (Lipinski definition) is 7. The molecule has 1 aromatic carbocycles. The average Bonchev–Trinajstić information content (AvgIpc) is 3.04. The molecule has 122 valence electrons. The summed E-state index contributed by atoms with van der Waals surface area (Å²) in [5.74, 6) is -4.19. The third kappa shape index (κ3) is 2.74. The van der Waals surface area contributed by atoms with Crippen LogP contribution in [0.25, 0.3) is 5.65 Å². The van der Waals surface area contributed by atoms with Crippen molar-refractivity contribution in [2.75, 3.05) is 12.4 Å². The number of carbonyl (C=O) groups is 2. The summed E-state index contributed by atoms with van der Waals surface area (Å²) in [5.41, 5.74) is -0.386. The second-order valence-corrected chi connectivity index (χ2v) is 4.50. The molecule has 0 fully saturated rings. The predicted octanol–water partition coefficient (Wildman–Crippen LogP) is 0.836. The van der Waals surface area contributed by atoms with Crippen LogP contribution in [0.2, 0.25) is 0 Å². The Bertz CT molecular complexity index is 958. The summed E-state index contributed by atoms with van der Waals surface area (Å²) in [6.07, 6.45) is 0. The van der Waals surface area contributed by atoms with E-state index in [0.29, 0.717) is 17.8 Å². The van der Waals surface area contributed by atoms with Gasteiger partial charge in [0.1, 0.15) is 0 Å². The largest absolute Gasteiger partial charge is 0.465 e. The van der Waals surface area contributed by atoms with Crippen LogP contribution in [-0.2, 0) is 4.74 Å². The number of nitrogens with zero attached hydrogens (tertiary/aromatic N) is 5. The highest BCUT2D eigenvalue weighted by molar-refractivity contribution is 6.07. The lowest BCUT2D eigenvalue weighted by molar-refractivity contribution is 0.0601. The summed E-state index contributed by atoms with van der Waals surface area (Å²) in [6, 6.07) is 4.08. The van der Waals surface area contributed by atoms with Crippen molar-refractivity contribution >= 4 is 23.2 Å². The van der Waals surface area contributed by atoms with E-state index in [2.05, 4.69) is 30.7 Å². The van der Waals surface area contributed by atoms with Gasteiger partial charge in [0.15, 0.2) is 23.0 Å². The molecule has 9 nitrogen and oxygen atoms in total. The Morgan fingerprint density at radius 3 is 2.71 bits per heavy atom. The molecule has 0 atom stereocenters. The summed E-state index contributed by atoms with van der Waals surface area (Å²) in [6.45, 7) is 0. The first-order valence-corrected chi connectivity index (χ1v) is 6.43. The van der Waals surface area contributed by atoms with Gasteiger partial charge in [-0.3, -0.25) is 4.79 Å². The lowest BCUT2D eigenvalue weighted by atomic mass is 10.1. The molecule has 1 amide bonds. The van der Waals surface area contributed by atoms with Crippen LogP contribution >= 0.6 is 0 Å². The Balaban J connectivity index is 1.96. The first-order valence-electron chi connectivity index (χ1n) is 6.43. The van der Waals surface area contributed by atoms with Crippen LogP contribution < -0.4 is 5.32 Å². The molecule has 0 spiro atoms. The highest BCUT2D eigenvalue weighted by Crippen LogP contribution is 2.21. The van der Waals surface area contributed by atoms with Gasteiger partial charge in [0.2, 0.25) is 0 Å². The SMILES string of the molecule is COC(=O)c1cc(F)c(F)cc1NC(=O)c1ccc2nnnn2n1. The predicted molar refractivity (Wildman–Crippen MR) is 74.2 cm³/mol. The van der Waals surface area contributed by atoms with Crippen LogP contribution in [0.1, 0.15) is 20.8 Å². The van der Waals surface area contributed by atoms with Crippen molar-refractivity contribution < 1.29 is 23.1 Å². The van der Waals surface area contributed by atoms with Gasteiger partial charge in [-0.05, 0) is 28.6 Å². The second-order valence-electron chi connectivity index (χ2n) is 4.50. The highest BCUT2D eigenvalue weighted by atomic mass is 19.2. The van der Waals surface area contributed by atoms with Crippen molar-refractivity contribution in [3.05, 3.63) is 47.2 Å². The van der Waals surface area contributed by atoms with Crippen LogP contribution in [0.3, 0.4) is 0 Å². The van der Waals surface area contributed by atoms with Crippen molar-refractivity contribution in [1.29, 1.82) is 0 Å². The number of amides is 1. The van der Waals surface area contributed by atoms with E-state index < -0.39 is 23.5 Å². The zero-order chi connectivity index (χ0) is 17.3. The molecular weight excluding hydrogens is 326 g/mol.